The largest absolute Gasteiger partial charge is 0.491 e. The molecule has 0 unspecified atom stereocenters. The molecule has 232 valence electrons. The highest BCUT2D eigenvalue weighted by molar-refractivity contribution is 6.17. The minimum absolute atomic E-state index is 0.0265. The van der Waals surface area contributed by atoms with E-state index in [9.17, 15) is 10.1 Å². The van der Waals surface area contributed by atoms with E-state index in [0.717, 1.165) is 0 Å². The Bertz CT molecular complexity index is 686. The quantitative estimate of drug-likeness (QED) is 0.0538. The predicted octanol–water partition coefficient (Wildman–Crippen LogP) is 2.36. The topological polar surface area (TPSA) is 135 Å². The molecule has 0 atom stereocenters. The maximum absolute atomic E-state index is 10.6. The summed E-state index contributed by atoms with van der Waals surface area (Å²) in [5.74, 6) is 1.05. The van der Waals surface area contributed by atoms with Gasteiger partial charge >= 0.3 is 0 Å². The number of halogens is 1. The second-order valence-electron chi connectivity index (χ2n) is 7.80. The van der Waals surface area contributed by atoms with Crippen molar-refractivity contribution in [2.75, 3.05) is 131 Å². The first kappa shape index (κ1) is 36.4. The second kappa shape index (κ2) is 28.9. The Hall–Kier alpha value is -1.65. The standard InChI is InChI=1S/C26H44ClNO12/c27-5-6-31-7-8-32-9-10-33-11-12-34-13-14-35-15-16-36-17-18-37-19-20-38-21-22-39-23-24-40-26-3-1-25(2-4-26)28(29)30/h1-4H,5-24H2. The minimum Gasteiger partial charge on any atom is -0.491 e. The van der Waals surface area contributed by atoms with Crippen molar-refractivity contribution in [3.63, 3.8) is 0 Å². The van der Waals surface area contributed by atoms with Crippen LogP contribution in [-0.2, 0) is 42.6 Å². The van der Waals surface area contributed by atoms with Gasteiger partial charge < -0.3 is 47.4 Å². The lowest BCUT2D eigenvalue weighted by Gasteiger charge is -2.09. The molecular weight excluding hydrogens is 554 g/mol. The summed E-state index contributed by atoms with van der Waals surface area (Å²) in [4.78, 5) is 10.2. The maximum atomic E-state index is 10.6. The Morgan fingerprint density at radius 2 is 0.750 bits per heavy atom. The lowest BCUT2D eigenvalue weighted by atomic mass is 10.3. The monoisotopic (exact) mass is 597 g/mol. The van der Waals surface area contributed by atoms with Crippen LogP contribution in [0.1, 0.15) is 0 Å². The molecule has 0 aliphatic carbocycles. The van der Waals surface area contributed by atoms with Crippen molar-refractivity contribution in [3.8, 4) is 5.75 Å². The first-order chi connectivity index (χ1) is 19.7. The van der Waals surface area contributed by atoms with E-state index < -0.39 is 4.92 Å². The molecule has 0 aromatic heterocycles. The molecule has 40 heavy (non-hydrogen) atoms. The van der Waals surface area contributed by atoms with Crippen LogP contribution < -0.4 is 4.74 Å². The molecule has 0 heterocycles. The zero-order chi connectivity index (χ0) is 28.8. The van der Waals surface area contributed by atoms with Gasteiger partial charge in [0.05, 0.1) is 124 Å². The maximum Gasteiger partial charge on any atom is 0.269 e. The number of nitro benzene ring substituents is 1. The minimum atomic E-state index is -0.452. The van der Waals surface area contributed by atoms with E-state index in [2.05, 4.69) is 0 Å². The fraction of sp³-hybridized carbons (Fsp3) is 0.769. The Balaban J connectivity index is 1.67. The highest BCUT2D eigenvalue weighted by atomic mass is 35.5. The number of ether oxygens (including phenoxy) is 10. The van der Waals surface area contributed by atoms with Gasteiger partial charge in [0.15, 0.2) is 0 Å². The van der Waals surface area contributed by atoms with Gasteiger partial charge in [0.2, 0.25) is 0 Å². The van der Waals surface area contributed by atoms with E-state index in [4.69, 9.17) is 59.0 Å². The molecule has 0 fully saturated rings. The number of hydrogen-bond donors (Lipinski definition) is 0. The second-order valence-corrected chi connectivity index (χ2v) is 8.18. The number of non-ortho nitro benzene ring substituents is 1. The Labute approximate surface area is 241 Å². The Morgan fingerprint density at radius 3 is 1.02 bits per heavy atom. The number of rotatable bonds is 31. The van der Waals surface area contributed by atoms with Gasteiger partial charge in [0.25, 0.3) is 5.69 Å². The number of alkyl halides is 1. The van der Waals surface area contributed by atoms with E-state index in [1.807, 2.05) is 0 Å². The third-order valence-electron chi connectivity index (χ3n) is 4.74. The van der Waals surface area contributed by atoms with Crippen LogP contribution in [0.2, 0.25) is 0 Å². The van der Waals surface area contributed by atoms with Crippen molar-refractivity contribution in [3.05, 3.63) is 34.4 Å². The summed E-state index contributed by atoms with van der Waals surface area (Å²) in [6, 6.07) is 5.91. The molecular formula is C26H44ClNO12. The molecule has 0 bridgehead atoms. The van der Waals surface area contributed by atoms with E-state index in [1.165, 1.54) is 12.1 Å². The summed E-state index contributed by atoms with van der Waals surface area (Å²) < 4.78 is 54.0. The van der Waals surface area contributed by atoms with E-state index in [0.29, 0.717) is 137 Å². The fourth-order valence-corrected chi connectivity index (χ4v) is 2.91. The lowest BCUT2D eigenvalue weighted by Crippen LogP contribution is -2.15. The van der Waals surface area contributed by atoms with Crippen molar-refractivity contribution >= 4 is 17.3 Å². The molecule has 14 heteroatoms. The number of benzene rings is 1. The van der Waals surface area contributed by atoms with Gasteiger partial charge in [-0.3, -0.25) is 10.1 Å². The van der Waals surface area contributed by atoms with Crippen LogP contribution in [0.25, 0.3) is 0 Å². The van der Waals surface area contributed by atoms with Gasteiger partial charge in [0.1, 0.15) is 12.4 Å². The summed E-state index contributed by atoms with van der Waals surface area (Å²) in [5.41, 5.74) is 0.0265. The molecule has 13 nitrogen and oxygen atoms in total. The van der Waals surface area contributed by atoms with Gasteiger partial charge in [-0.2, -0.15) is 0 Å². The summed E-state index contributed by atoms with van der Waals surface area (Å²) in [6.45, 7) is 9.20. The van der Waals surface area contributed by atoms with E-state index in [-0.39, 0.29) is 5.69 Å². The van der Waals surface area contributed by atoms with Crippen LogP contribution in [0.15, 0.2) is 24.3 Å². The predicted molar refractivity (Wildman–Crippen MR) is 147 cm³/mol. The highest BCUT2D eigenvalue weighted by Gasteiger charge is 2.04. The molecule has 0 N–H and O–H groups in total. The van der Waals surface area contributed by atoms with Crippen LogP contribution >= 0.6 is 11.6 Å². The smallest absolute Gasteiger partial charge is 0.269 e. The van der Waals surface area contributed by atoms with Crippen LogP contribution in [0.4, 0.5) is 5.69 Å². The van der Waals surface area contributed by atoms with Crippen molar-refractivity contribution in [2.45, 2.75) is 0 Å². The molecule has 1 rings (SSSR count). The van der Waals surface area contributed by atoms with Crippen molar-refractivity contribution in [1.82, 2.24) is 0 Å². The molecule has 0 saturated heterocycles. The Kier molecular flexibility index (Phi) is 26.2. The number of nitrogens with zero attached hydrogens (tertiary/aromatic N) is 1. The molecule has 0 amide bonds. The van der Waals surface area contributed by atoms with Crippen LogP contribution in [0, 0.1) is 10.1 Å². The summed E-state index contributed by atoms with van der Waals surface area (Å²) in [6.07, 6.45) is 0. The Morgan fingerprint density at radius 1 is 0.475 bits per heavy atom. The SMILES string of the molecule is O=[N+]([O-])c1ccc(OCCOCCOCCOCCOCCOCCOCCOCCOCCOCCCl)cc1. The first-order valence-electron chi connectivity index (χ1n) is 13.4. The molecule has 0 aliphatic rings. The van der Waals surface area contributed by atoms with Crippen molar-refractivity contribution in [2.24, 2.45) is 0 Å². The summed E-state index contributed by atoms with van der Waals surface area (Å²) in [5, 5.41) is 10.6. The van der Waals surface area contributed by atoms with Crippen molar-refractivity contribution in [1.29, 1.82) is 0 Å². The molecule has 1 aromatic rings. The van der Waals surface area contributed by atoms with Crippen LogP contribution in [0.5, 0.6) is 5.75 Å². The van der Waals surface area contributed by atoms with E-state index >= 15 is 0 Å². The molecule has 0 radical (unpaired) electrons. The summed E-state index contributed by atoms with van der Waals surface area (Å²) >= 11 is 5.50. The van der Waals surface area contributed by atoms with Gasteiger partial charge in [-0.25, -0.2) is 0 Å². The fourth-order valence-electron chi connectivity index (χ4n) is 2.80. The third kappa shape index (κ3) is 24.2. The number of hydrogen-bond acceptors (Lipinski definition) is 12. The van der Waals surface area contributed by atoms with Gasteiger partial charge in [-0.05, 0) is 12.1 Å². The van der Waals surface area contributed by atoms with Crippen LogP contribution in [0.3, 0.4) is 0 Å². The van der Waals surface area contributed by atoms with Crippen LogP contribution in [-0.4, -0.2) is 136 Å². The molecule has 0 aliphatic heterocycles. The van der Waals surface area contributed by atoms with Gasteiger partial charge in [0, 0.05) is 18.0 Å². The summed E-state index contributed by atoms with van der Waals surface area (Å²) in [7, 11) is 0. The highest BCUT2D eigenvalue weighted by Crippen LogP contribution is 2.17. The van der Waals surface area contributed by atoms with Gasteiger partial charge in [-0.15, -0.1) is 11.6 Å². The average Bonchev–Trinajstić information content (AvgIpc) is 2.96. The normalized spacial score (nSPS) is 11.2. The average molecular weight is 598 g/mol. The first-order valence-corrected chi connectivity index (χ1v) is 13.9. The third-order valence-corrected chi connectivity index (χ3v) is 4.90. The van der Waals surface area contributed by atoms with Crippen molar-refractivity contribution < 1.29 is 52.3 Å². The van der Waals surface area contributed by atoms with E-state index in [1.54, 1.807) is 12.1 Å². The lowest BCUT2D eigenvalue weighted by molar-refractivity contribution is -0.384. The molecule has 1 aromatic carbocycles. The molecule has 0 saturated carbocycles. The molecule has 0 spiro atoms. The number of nitro groups is 1. The van der Waals surface area contributed by atoms with Gasteiger partial charge in [-0.1, -0.05) is 0 Å². The zero-order valence-electron chi connectivity index (χ0n) is 23.2. The zero-order valence-corrected chi connectivity index (χ0v) is 23.9.